The fourth-order valence-corrected chi connectivity index (χ4v) is 2.36. The summed E-state index contributed by atoms with van der Waals surface area (Å²) in [5, 5.41) is 9.18. The van der Waals surface area contributed by atoms with Gasteiger partial charge in [-0.1, -0.05) is 12.2 Å². The number of hydrogen-bond donors (Lipinski definition) is 2. The number of aliphatic carboxylic acids is 1. The third kappa shape index (κ3) is 2.34. The molecule has 0 aromatic heterocycles. The van der Waals surface area contributed by atoms with E-state index in [2.05, 4.69) is 0 Å². The second kappa shape index (κ2) is 5.28. The molecular weight excluding hydrogens is 264 g/mol. The average Bonchev–Trinajstić information content (AvgIpc) is 2.64. The maximum Gasteiger partial charge on any atom is 0.326 e. The molecule has 1 aliphatic heterocycles. The summed E-state index contributed by atoms with van der Waals surface area (Å²) in [5.41, 5.74) is 5.49. The highest BCUT2D eigenvalue weighted by Crippen LogP contribution is 2.31. The monoisotopic (exact) mass is 278 g/mol. The van der Waals surface area contributed by atoms with Crippen LogP contribution < -0.4 is 5.73 Å². The summed E-state index contributed by atoms with van der Waals surface area (Å²) in [6, 6.07) is -1.37. The van der Waals surface area contributed by atoms with E-state index in [0.717, 1.165) is 0 Å². The standard InChI is InChI=1S/C13H14N2O5/c14-10(16)6-5-9(13(19)20)15-11(17)7-3-1-2-4-8(7)12(15)18/h3-4,9H,1-2,5-6H2,(H2,14,16)(H,19,20). The molecule has 1 saturated heterocycles. The van der Waals surface area contributed by atoms with Crippen molar-refractivity contribution in [2.75, 3.05) is 0 Å². The molecule has 0 spiro atoms. The molecule has 106 valence electrons. The first-order chi connectivity index (χ1) is 9.43. The highest BCUT2D eigenvalue weighted by Gasteiger charge is 2.45. The number of nitrogens with two attached hydrogens (primary N) is 1. The van der Waals surface area contributed by atoms with Gasteiger partial charge in [0.2, 0.25) is 5.91 Å². The minimum absolute atomic E-state index is 0.178. The van der Waals surface area contributed by atoms with Crippen molar-refractivity contribution < 1.29 is 24.3 Å². The van der Waals surface area contributed by atoms with E-state index in [4.69, 9.17) is 5.73 Å². The molecule has 0 aromatic rings. The molecule has 7 nitrogen and oxygen atoms in total. The normalized spacial score (nSPS) is 19.3. The van der Waals surface area contributed by atoms with Crippen LogP contribution in [0.5, 0.6) is 0 Å². The molecule has 1 fully saturated rings. The minimum atomic E-state index is -1.37. The van der Waals surface area contributed by atoms with Crippen LogP contribution in [-0.2, 0) is 19.2 Å². The van der Waals surface area contributed by atoms with Crippen molar-refractivity contribution in [2.45, 2.75) is 31.7 Å². The van der Waals surface area contributed by atoms with Crippen LogP contribution >= 0.6 is 0 Å². The Bertz CT molecular complexity index is 529. The maximum absolute atomic E-state index is 12.2. The Labute approximate surface area is 114 Å². The molecule has 1 heterocycles. The smallest absolute Gasteiger partial charge is 0.326 e. The molecule has 3 N–H and O–H groups in total. The van der Waals surface area contributed by atoms with Crippen molar-refractivity contribution in [3.8, 4) is 0 Å². The quantitative estimate of drug-likeness (QED) is 0.670. The van der Waals surface area contributed by atoms with Crippen molar-refractivity contribution in [2.24, 2.45) is 5.73 Å². The predicted octanol–water partition coefficient (Wildman–Crippen LogP) is -0.280. The number of carboxylic acids is 1. The molecule has 2 rings (SSSR count). The Kier molecular flexibility index (Phi) is 3.69. The first-order valence-electron chi connectivity index (χ1n) is 6.23. The Hall–Kier alpha value is -2.44. The van der Waals surface area contributed by atoms with Crippen molar-refractivity contribution in [3.63, 3.8) is 0 Å². The number of primary amides is 1. The average molecular weight is 278 g/mol. The first-order valence-corrected chi connectivity index (χ1v) is 6.23. The summed E-state index contributed by atoms with van der Waals surface area (Å²) >= 11 is 0. The Morgan fingerprint density at radius 2 is 1.70 bits per heavy atom. The minimum Gasteiger partial charge on any atom is -0.480 e. The number of likely N-dealkylation sites (tertiary alicyclic amines) is 1. The van der Waals surface area contributed by atoms with Crippen LogP contribution in [0.4, 0.5) is 0 Å². The highest BCUT2D eigenvalue weighted by molar-refractivity contribution is 6.25. The molecule has 0 radical (unpaired) electrons. The van der Waals surface area contributed by atoms with E-state index in [-0.39, 0.29) is 24.0 Å². The SMILES string of the molecule is NC(=O)CCC(C(=O)O)N1C(=O)C2=CCCC=C2C1=O. The molecular formula is C13H14N2O5. The lowest BCUT2D eigenvalue weighted by Crippen LogP contribution is -2.45. The lowest BCUT2D eigenvalue weighted by Gasteiger charge is -2.21. The number of amides is 3. The number of allylic oxidation sites excluding steroid dienone is 2. The Balaban J connectivity index is 2.29. The van der Waals surface area contributed by atoms with Crippen molar-refractivity contribution >= 4 is 23.7 Å². The van der Waals surface area contributed by atoms with Crippen LogP contribution in [0.15, 0.2) is 23.3 Å². The molecule has 0 bridgehead atoms. The van der Waals surface area contributed by atoms with Gasteiger partial charge in [0.05, 0.1) is 0 Å². The summed E-state index contributed by atoms with van der Waals surface area (Å²) in [6.07, 6.45) is 4.19. The number of carbonyl (C=O) groups is 4. The van der Waals surface area contributed by atoms with E-state index in [1.165, 1.54) is 0 Å². The number of carbonyl (C=O) groups excluding carboxylic acids is 3. The van der Waals surface area contributed by atoms with Crippen LogP contribution in [0.3, 0.4) is 0 Å². The lowest BCUT2D eigenvalue weighted by molar-refractivity contribution is -0.153. The van der Waals surface area contributed by atoms with Crippen molar-refractivity contribution in [3.05, 3.63) is 23.3 Å². The number of imide groups is 1. The summed E-state index contributed by atoms with van der Waals surface area (Å²) in [6.45, 7) is 0. The predicted molar refractivity (Wildman–Crippen MR) is 67.1 cm³/mol. The number of rotatable bonds is 5. The van der Waals surface area contributed by atoms with Gasteiger partial charge in [-0.25, -0.2) is 4.79 Å². The third-order valence-electron chi connectivity index (χ3n) is 3.31. The largest absolute Gasteiger partial charge is 0.480 e. The number of carboxylic acid groups (broad SMARTS) is 1. The summed E-state index contributed by atoms with van der Waals surface area (Å²) in [7, 11) is 0. The molecule has 20 heavy (non-hydrogen) atoms. The zero-order valence-electron chi connectivity index (χ0n) is 10.7. The topological polar surface area (TPSA) is 118 Å². The number of nitrogens with zero attached hydrogens (tertiary/aromatic N) is 1. The van der Waals surface area contributed by atoms with Crippen molar-refractivity contribution in [1.82, 2.24) is 4.90 Å². The first kappa shape index (κ1) is 14.0. The van der Waals surface area contributed by atoms with E-state index in [9.17, 15) is 24.3 Å². The van der Waals surface area contributed by atoms with Gasteiger partial charge in [0.15, 0.2) is 0 Å². The maximum atomic E-state index is 12.2. The van der Waals surface area contributed by atoms with Crippen LogP contribution in [0.1, 0.15) is 25.7 Å². The number of fused-ring (bicyclic) bond motifs is 1. The van der Waals surface area contributed by atoms with E-state index < -0.39 is 29.7 Å². The van der Waals surface area contributed by atoms with Crippen LogP contribution in [-0.4, -0.2) is 39.7 Å². The van der Waals surface area contributed by atoms with Gasteiger partial charge in [-0.3, -0.25) is 19.3 Å². The molecule has 7 heteroatoms. The molecule has 0 saturated carbocycles. The van der Waals surface area contributed by atoms with E-state index in [0.29, 0.717) is 17.7 Å². The molecule has 3 amide bonds. The molecule has 0 aromatic carbocycles. The fraction of sp³-hybridized carbons (Fsp3) is 0.385. The Morgan fingerprint density at radius 3 is 2.10 bits per heavy atom. The van der Waals surface area contributed by atoms with Gasteiger partial charge in [0.25, 0.3) is 11.8 Å². The van der Waals surface area contributed by atoms with Gasteiger partial charge in [-0.2, -0.15) is 0 Å². The molecule has 2 aliphatic rings. The second-order valence-corrected chi connectivity index (χ2v) is 4.65. The summed E-state index contributed by atoms with van der Waals surface area (Å²) in [5.74, 6) is -3.23. The van der Waals surface area contributed by atoms with Crippen LogP contribution in [0, 0.1) is 0 Å². The zero-order chi connectivity index (χ0) is 14.9. The molecule has 1 atom stereocenters. The van der Waals surface area contributed by atoms with Gasteiger partial charge in [-0.05, 0) is 19.3 Å². The Morgan fingerprint density at radius 1 is 1.20 bits per heavy atom. The lowest BCUT2D eigenvalue weighted by atomic mass is 10.0. The van der Waals surface area contributed by atoms with Gasteiger partial charge in [-0.15, -0.1) is 0 Å². The fourth-order valence-electron chi connectivity index (χ4n) is 2.36. The van der Waals surface area contributed by atoms with Gasteiger partial charge in [0, 0.05) is 17.6 Å². The van der Waals surface area contributed by atoms with Crippen molar-refractivity contribution in [1.29, 1.82) is 0 Å². The van der Waals surface area contributed by atoms with Gasteiger partial charge >= 0.3 is 5.97 Å². The third-order valence-corrected chi connectivity index (χ3v) is 3.31. The highest BCUT2D eigenvalue weighted by atomic mass is 16.4. The second-order valence-electron chi connectivity index (χ2n) is 4.65. The van der Waals surface area contributed by atoms with Crippen LogP contribution in [0.2, 0.25) is 0 Å². The van der Waals surface area contributed by atoms with Gasteiger partial charge < -0.3 is 10.8 Å². The zero-order valence-corrected chi connectivity index (χ0v) is 10.7. The van der Waals surface area contributed by atoms with Gasteiger partial charge in [0.1, 0.15) is 6.04 Å². The molecule has 1 aliphatic carbocycles. The summed E-state index contributed by atoms with van der Waals surface area (Å²) in [4.78, 5) is 47.1. The van der Waals surface area contributed by atoms with Crippen LogP contribution in [0.25, 0.3) is 0 Å². The van der Waals surface area contributed by atoms with E-state index >= 15 is 0 Å². The number of hydrogen-bond acceptors (Lipinski definition) is 4. The van der Waals surface area contributed by atoms with E-state index in [1.54, 1.807) is 12.2 Å². The van der Waals surface area contributed by atoms with E-state index in [1.807, 2.05) is 0 Å². The summed E-state index contributed by atoms with van der Waals surface area (Å²) < 4.78 is 0. The molecule has 1 unspecified atom stereocenters.